The molecule has 3 atom stereocenters. The summed E-state index contributed by atoms with van der Waals surface area (Å²) in [7, 11) is -2.33. The van der Waals surface area contributed by atoms with E-state index in [4.69, 9.17) is 19.4 Å². The van der Waals surface area contributed by atoms with Gasteiger partial charge in [-0.1, -0.05) is 51.7 Å². The van der Waals surface area contributed by atoms with Crippen molar-refractivity contribution in [3.05, 3.63) is 47.5 Å². The van der Waals surface area contributed by atoms with E-state index in [0.29, 0.717) is 42.0 Å². The summed E-state index contributed by atoms with van der Waals surface area (Å²) in [5, 5.41) is 8.63. The van der Waals surface area contributed by atoms with Crippen LogP contribution in [-0.2, 0) is 24.4 Å². The first-order chi connectivity index (χ1) is 25.0. The van der Waals surface area contributed by atoms with Gasteiger partial charge in [0.25, 0.3) is 5.91 Å². The van der Waals surface area contributed by atoms with E-state index in [1.165, 1.54) is 11.3 Å². The summed E-state index contributed by atoms with van der Waals surface area (Å²) in [4.78, 5) is 50.5. The Morgan fingerprint density at radius 3 is 2.62 bits per heavy atom. The van der Waals surface area contributed by atoms with Gasteiger partial charge in [0.05, 0.1) is 30.2 Å². The maximum Gasteiger partial charge on any atom is 0.259 e. The second-order valence-corrected chi connectivity index (χ2v) is 17.2. The van der Waals surface area contributed by atoms with Gasteiger partial charge in [-0.25, -0.2) is 18.4 Å². The molecule has 3 amide bonds. The van der Waals surface area contributed by atoms with Gasteiger partial charge >= 0.3 is 0 Å². The Bertz CT molecular complexity index is 1920. The standard InChI is InChI=1S/C38H49N5O7S2/c1-24(2)32-23-51-36(41-32)31-21-33(28-17-16-26(49-3)20-30(28)39-31)50-19-18-29-35(45)42-38(37(46)43-52(47,48)27-13-9-7-10-14-27)22-25(38)12-8-5-4-6-11-15-34(44)40-29/h8,12,16-17,20-21,23-25,27,29H,4-7,9-11,13-15,18-19,22H2,1-3H3,(H,40,44)(H,42,45)(H,43,46)/t25-,29+,38-/m1/s1. The van der Waals surface area contributed by atoms with E-state index in [1.54, 1.807) is 7.11 Å². The van der Waals surface area contributed by atoms with E-state index in [0.717, 1.165) is 54.6 Å². The van der Waals surface area contributed by atoms with Crippen LogP contribution in [-0.4, -0.2) is 66.7 Å². The molecule has 3 aromatic rings. The number of benzene rings is 1. The van der Waals surface area contributed by atoms with Crippen molar-refractivity contribution in [2.75, 3.05) is 13.7 Å². The Morgan fingerprint density at radius 1 is 1.08 bits per heavy atom. The maximum atomic E-state index is 14.0. The smallest absolute Gasteiger partial charge is 0.259 e. The molecule has 280 valence electrons. The van der Waals surface area contributed by atoms with Gasteiger partial charge in [-0.2, -0.15) is 0 Å². The van der Waals surface area contributed by atoms with Crippen LogP contribution in [0, 0.1) is 5.92 Å². The van der Waals surface area contributed by atoms with Crippen LogP contribution in [0.2, 0.25) is 0 Å². The number of thiazole rings is 1. The molecule has 3 aliphatic rings. The molecule has 1 aromatic carbocycles. The lowest BCUT2D eigenvalue weighted by atomic mass is 10.0. The second-order valence-electron chi connectivity index (χ2n) is 14.4. The third kappa shape index (κ3) is 8.76. The first-order valence-electron chi connectivity index (χ1n) is 18.4. The molecule has 1 aliphatic heterocycles. The summed E-state index contributed by atoms with van der Waals surface area (Å²) in [5.41, 5.74) is 0.833. The molecular formula is C38H49N5O7S2. The zero-order chi connectivity index (χ0) is 36.9. The fourth-order valence-electron chi connectivity index (χ4n) is 6.98. The first kappa shape index (κ1) is 37.7. The normalized spacial score (nSPS) is 23.3. The number of nitrogens with one attached hydrogen (secondary N) is 3. The van der Waals surface area contributed by atoms with Crippen molar-refractivity contribution in [3.63, 3.8) is 0 Å². The number of aromatic nitrogens is 2. The molecular weight excluding hydrogens is 703 g/mol. The van der Waals surface area contributed by atoms with Gasteiger partial charge < -0.3 is 20.1 Å². The quantitative estimate of drug-likeness (QED) is 0.213. The zero-order valence-corrected chi connectivity index (χ0v) is 31.7. The summed E-state index contributed by atoms with van der Waals surface area (Å²) >= 11 is 1.50. The Morgan fingerprint density at radius 2 is 1.87 bits per heavy atom. The maximum absolute atomic E-state index is 14.0. The van der Waals surface area contributed by atoms with Crippen molar-refractivity contribution in [3.8, 4) is 22.2 Å². The van der Waals surface area contributed by atoms with Gasteiger partial charge in [0, 0.05) is 41.7 Å². The number of hydrogen-bond donors (Lipinski definition) is 3. The Kier molecular flexibility index (Phi) is 11.8. The number of hydrogen-bond acceptors (Lipinski definition) is 10. The molecule has 6 rings (SSSR count). The predicted molar refractivity (Wildman–Crippen MR) is 201 cm³/mol. The van der Waals surface area contributed by atoms with Crippen molar-refractivity contribution < 1.29 is 32.3 Å². The van der Waals surface area contributed by atoms with Crippen molar-refractivity contribution in [1.82, 2.24) is 25.3 Å². The van der Waals surface area contributed by atoms with Crippen LogP contribution in [0.3, 0.4) is 0 Å². The first-order valence-corrected chi connectivity index (χ1v) is 20.8. The van der Waals surface area contributed by atoms with E-state index in [1.807, 2.05) is 41.8 Å². The van der Waals surface area contributed by atoms with E-state index in [-0.39, 0.29) is 43.6 Å². The van der Waals surface area contributed by atoms with Crippen LogP contribution in [0.1, 0.15) is 103 Å². The van der Waals surface area contributed by atoms with Crippen LogP contribution in [0.15, 0.2) is 41.8 Å². The Balaban J connectivity index is 1.23. The van der Waals surface area contributed by atoms with Crippen molar-refractivity contribution in [2.24, 2.45) is 5.92 Å². The third-order valence-corrected chi connectivity index (χ3v) is 13.0. The fraction of sp³-hybridized carbons (Fsp3) is 0.553. The molecule has 12 nitrogen and oxygen atoms in total. The average molecular weight is 752 g/mol. The molecule has 2 aliphatic carbocycles. The Hall–Kier alpha value is -4.04. The molecule has 0 bridgehead atoms. The summed E-state index contributed by atoms with van der Waals surface area (Å²) in [6.07, 6.45) is 11.3. The number of allylic oxidation sites excluding steroid dienone is 1. The lowest BCUT2D eigenvalue weighted by Crippen LogP contribution is -2.57. The number of amides is 3. The summed E-state index contributed by atoms with van der Waals surface area (Å²) < 4.78 is 40.6. The van der Waals surface area contributed by atoms with Gasteiger partial charge in [0.1, 0.15) is 33.8 Å². The number of carbonyl (C=O) groups is 3. The highest BCUT2D eigenvalue weighted by molar-refractivity contribution is 7.90. The largest absolute Gasteiger partial charge is 0.497 e. The van der Waals surface area contributed by atoms with E-state index in [9.17, 15) is 22.8 Å². The summed E-state index contributed by atoms with van der Waals surface area (Å²) in [6, 6.07) is 6.31. The van der Waals surface area contributed by atoms with Gasteiger partial charge in [-0.15, -0.1) is 11.3 Å². The highest BCUT2D eigenvalue weighted by Gasteiger charge is 2.61. The zero-order valence-electron chi connectivity index (χ0n) is 30.1. The average Bonchev–Trinajstić information content (AvgIpc) is 3.58. The summed E-state index contributed by atoms with van der Waals surface area (Å²) in [6.45, 7) is 4.22. The molecule has 2 fully saturated rings. The SMILES string of the molecule is COc1ccc2c(OCC[C@@H]3NC(=O)CCCCCC=C[C@@H]4C[C@@]4(C(=O)NS(=O)(=O)C4CCCCC4)NC3=O)cc(-c3nc(C(C)C)cs3)nc2c1. The van der Waals surface area contributed by atoms with Gasteiger partial charge in [0.15, 0.2) is 0 Å². The molecule has 0 radical (unpaired) electrons. The molecule has 14 heteroatoms. The number of pyridine rings is 1. The van der Waals surface area contributed by atoms with E-state index >= 15 is 0 Å². The number of fused-ring (bicyclic) bond motifs is 2. The van der Waals surface area contributed by atoms with Gasteiger partial charge in [-0.3, -0.25) is 19.1 Å². The van der Waals surface area contributed by atoms with E-state index in [2.05, 4.69) is 29.2 Å². The lowest BCUT2D eigenvalue weighted by molar-refractivity contribution is -0.132. The fourth-order valence-corrected chi connectivity index (χ4v) is 9.48. The van der Waals surface area contributed by atoms with Crippen LogP contribution >= 0.6 is 11.3 Å². The van der Waals surface area contributed by atoms with Crippen LogP contribution in [0.5, 0.6) is 11.5 Å². The topological polar surface area (TPSA) is 166 Å². The molecule has 2 aromatic heterocycles. The Labute approximate surface area is 309 Å². The second kappa shape index (κ2) is 16.3. The molecule has 0 unspecified atom stereocenters. The van der Waals surface area contributed by atoms with Crippen LogP contribution in [0.25, 0.3) is 21.6 Å². The predicted octanol–water partition coefficient (Wildman–Crippen LogP) is 5.92. The number of methoxy groups -OCH3 is 1. The molecule has 0 spiro atoms. The van der Waals surface area contributed by atoms with Crippen LogP contribution < -0.4 is 24.8 Å². The highest BCUT2D eigenvalue weighted by Crippen LogP contribution is 2.45. The van der Waals surface area contributed by atoms with E-state index < -0.39 is 38.7 Å². The number of carbonyl (C=O) groups excluding carboxylic acids is 3. The van der Waals surface area contributed by atoms with Crippen LogP contribution in [0.4, 0.5) is 0 Å². The molecule has 3 N–H and O–H groups in total. The van der Waals surface area contributed by atoms with Crippen molar-refractivity contribution in [2.45, 2.75) is 114 Å². The highest BCUT2D eigenvalue weighted by atomic mass is 32.2. The monoisotopic (exact) mass is 751 g/mol. The molecule has 3 heterocycles. The third-order valence-electron chi connectivity index (χ3n) is 10.3. The minimum atomic E-state index is -3.92. The van der Waals surface area contributed by atoms with Crippen molar-refractivity contribution in [1.29, 1.82) is 0 Å². The number of nitrogens with zero attached hydrogens (tertiary/aromatic N) is 2. The molecule has 0 saturated heterocycles. The number of rotatable bonds is 10. The molecule has 52 heavy (non-hydrogen) atoms. The lowest BCUT2D eigenvalue weighted by Gasteiger charge is -2.26. The van der Waals surface area contributed by atoms with Crippen molar-refractivity contribution >= 4 is 50.0 Å². The number of sulfonamides is 1. The van der Waals surface area contributed by atoms with Gasteiger partial charge in [-0.05, 0) is 56.6 Å². The minimum absolute atomic E-state index is 0.0522. The van der Waals surface area contributed by atoms with Gasteiger partial charge in [0.2, 0.25) is 21.8 Å². The number of ether oxygens (including phenoxy) is 2. The summed E-state index contributed by atoms with van der Waals surface area (Å²) in [5.74, 6) is -0.501. The minimum Gasteiger partial charge on any atom is -0.497 e. The molecule has 2 saturated carbocycles.